The number of anilines is 2. The molecule has 2 fully saturated rings. The third-order valence-electron chi connectivity index (χ3n) is 5.91. The Balaban J connectivity index is 1.81. The summed E-state index contributed by atoms with van der Waals surface area (Å²) in [6, 6.07) is 11.5. The summed E-state index contributed by atoms with van der Waals surface area (Å²) >= 11 is 5.70. The molecular formula is C22H19FN4O3S. The summed E-state index contributed by atoms with van der Waals surface area (Å²) in [6.45, 7) is -0.871. The van der Waals surface area contributed by atoms with Crippen LogP contribution in [0.15, 0.2) is 36.4 Å². The molecule has 7 nitrogen and oxygen atoms in total. The van der Waals surface area contributed by atoms with E-state index in [1.165, 1.54) is 24.1 Å². The highest BCUT2D eigenvalue weighted by Crippen LogP contribution is 2.48. The summed E-state index contributed by atoms with van der Waals surface area (Å²) in [5.74, 6) is -0.567. The predicted molar refractivity (Wildman–Crippen MR) is 117 cm³/mol. The van der Waals surface area contributed by atoms with E-state index >= 15 is 0 Å². The standard InChI is InChI=1S/C22H19FN4O3S/c1-30-18-10-15(4-3-13(18)12-24)26-20(29)22(7-2-8-22)27(21(26)31)16-5-6-17(19(25)28)14(9-16)11-23/h3-6,9-10H,2,7-8,11H2,1H3,(H2,25,28). The highest BCUT2D eigenvalue weighted by Gasteiger charge is 2.59. The van der Waals surface area contributed by atoms with Gasteiger partial charge in [0.15, 0.2) is 5.11 Å². The van der Waals surface area contributed by atoms with Crippen molar-refractivity contribution in [3.05, 3.63) is 53.1 Å². The van der Waals surface area contributed by atoms with E-state index in [2.05, 4.69) is 0 Å². The van der Waals surface area contributed by atoms with E-state index in [9.17, 15) is 19.2 Å². The highest BCUT2D eigenvalue weighted by atomic mass is 32.1. The number of thiocarbonyl (C=S) groups is 1. The van der Waals surface area contributed by atoms with Gasteiger partial charge in [0.2, 0.25) is 5.91 Å². The van der Waals surface area contributed by atoms with Crippen LogP contribution in [0.4, 0.5) is 15.8 Å². The number of primary amides is 1. The molecular weight excluding hydrogens is 419 g/mol. The number of carbonyl (C=O) groups excluding carboxylic acids is 2. The molecule has 1 saturated heterocycles. The van der Waals surface area contributed by atoms with E-state index in [0.717, 1.165) is 6.42 Å². The van der Waals surface area contributed by atoms with Crippen LogP contribution in [0.5, 0.6) is 5.75 Å². The molecule has 31 heavy (non-hydrogen) atoms. The number of nitrogens with two attached hydrogens (primary N) is 1. The monoisotopic (exact) mass is 438 g/mol. The van der Waals surface area contributed by atoms with Gasteiger partial charge in [-0.3, -0.25) is 14.5 Å². The summed E-state index contributed by atoms with van der Waals surface area (Å²) in [7, 11) is 1.45. The maximum atomic E-state index is 13.6. The summed E-state index contributed by atoms with van der Waals surface area (Å²) in [6.07, 6.45) is 2.04. The SMILES string of the molecule is COc1cc(N2C(=O)C3(CCC3)N(c3ccc(C(N)=O)c(CF)c3)C2=S)ccc1C#N. The number of carbonyl (C=O) groups is 2. The fraction of sp³-hybridized carbons (Fsp3) is 0.273. The minimum atomic E-state index is -0.871. The lowest BCUT2D eigenvalue weighted by atomic mass is 9.75. The Morgan fingerprint density at radius 2 is 2.00 bits per heavy atom. The maximum absolute atomic E-state index is 13.6. The lowest BCUT2D eigenvalue weighted by Gasteiger charge is -2.43. The van der Waals surface area contributed by atoms with Crippen LogP contribution < -0.4 is 20.3 Å². The van der Waals surface area contributed by atoms with Gasteiger partial charge in [-0.25, -0.2) is 4.39 Å². The van der Waals surface area contributed by atoms with Crippen molar-refractivity contribution < 1.29 is 18.7 Å². The van der Waals surface area contributed by atoms with Crippen molar-refractivity contribution in [2.24, 2.45) is 5.73 Å². The van der Waals surface area contributed by atoms with Crippen LogP contribution >= 0.6 is 12.2 Å². The summed E-state index contributed by atoms with van der Waals surface area (Å²) in [5.41, 5.74) is 6.08. The van der Waals surface area contributed by atoms with Gasteiger partial charge in [0.1, 0.15) is 24.0 Å². The van der Waals surface area contributed by atoms with Gasteiger partial charge in [0.05, 0.1) is 18.4 Å². The molecule has 2 aliphatic rings. The molecule has 1 aliphatic heterocycles. The fourth-order valence-electron chi connectivity index (χ4n) is 4.19. The van der Waals surface area contributed by atoms with E-state index in [4.69, 9.17) is 22.7 Å². The van der Waals surface area contributed by atoms with E-state index in [1.807, 2.05) is 6.07 Å². The Morgan fingerprint density at radius 3 is 2.55 bits per heavy atom. The van der Waals surface area contributed by atoms with Gasteiger partial charge in [-0.05, 0) is 67.4 Å². The second-order valence-corrected chi connectivity index (χ2v) is 7.84. The lowest BCUT2D eigenvalue weighted by molar-refractivity contribution is -0.123. The minimum Gasteiger partial charge on any atom is -0.495 e. The summed E-state index contributed by atoms with van der Waals surface area (Å²) < 4.78 is 18.9. The van der Waals surface area contributed by atoms with Gasteiger partial charge in [-0.2, -0.15) is 5.26 Å². The zero-order chi connectivity index (χ0) is 22.3. The predicted octanol–water partition coefficient (Wildman–Crippen LogP) is 3.20. The number of amides is 2. The molecule has 2 amide bonds. The first-order valence-electron chi connectivity index (χ1n) is 9.63. The van der Waals surface area contributed by atoms with Gasteiger partial charge >= 0.3 is 0 Å². The molecule has 0 unspecified atom stereocenters. The minimum absolute atomic E-state index is 0.0963. The van der Waals surface area contributed by atoms with Crippen LogP contribution in [0.25, 0.3) is 0 Å². The number of rotatable bonds is 5. The first-order valence-corrected chi connectivity index (χ1v) is 10.0. The molecule has 1 aliphatic carbocycles. The third kappa shape index (κ3) is 3.02. The first kappa shape index (κ1) is 20.8. The Bertz CT molecular complexity index is 1160. The summed E-state index contributed by atoms with van der Waals surface area (Å²) in [4.78, 5) is 28.3. The van der Waals surface area contributed by atoms with Crippen molar-refractivity contribution in [3.63, 3.8) is 0 Å². The number of hydrogen-bond acceptors (Lipinski definition) is 5. The number of nitrogens with zero attached hydrogens (tertiary/aromatic N) is 3. The average molecular weight is 438 g/mol. The molecule has 2 aromatic rings. The van der Waals surface area contributed by atoms with Crippen molar-refractivity contribution in [3.8, 4) is 11.8 Å². The van der Waals surface area contributed by atoms with Gasteiger partial charge < -0.3 is 15.4 Å². The first-order chi connectivity index (χ1) is 14.9. The molecule has 2 N–H and O–H groups in total. The number of methoxy groups -OCH3 is 1. The number of halogens is 1. The number of ether oxygens (including phenoxy) is 1. The summed E-state index contributed by atoms with van der Waals surface area (Å²) in [5, 5.41) is 9.48. The topological polar surface area (TPSA) is 99.7 Å². The van der Waals surface area contributed by atoms with Gasteiger partial charge in [0.25, 0.3) is 5.91 Å². The van der Waals surface area contributed by atoms with Crippen molar-refractivity contribution in [2.45, 2.75) is 31.5 Å². The average Bonchev–Trinajstić information content (AvgIpc) is 2.99. The van der Waals surface area contributed by atoms with E-state index < -0.39 is 18.1 Å². The molecule has 1 spiro atoms. The quantitative estimate of drug-likeness (QED) is 0.720. The van der Waals surface area contributed by atoms with Crippen LogP contribution in [0.1, 0.15) is 40.7 Å². The Kier molecular flexibility index (Phi) is 5.11. The molecule has 2 aromatic carbocycles. The molecule has 1 saturated carbocycles. The Hall–Kier alpha value is -3.51. The lowest BCUT2D eigenvalue weighted by Crippen LogP contribution is -2.55. The van der Waals surface area contributed by atoms with Crippen LogP contribution in [0.3, 0.4) is 0 Å². The Labute approximate surface area is 183 Å². The van der Waals surface area contributed by atoms with E-state index in [-0.39, 0.29) is 22.1 Å². The molecule has 158 valence electrons. The van der Waals surface area contributed by atoms with Crippen molar-refractivity contribution in [1.82, 2.24) is 0 Å². The second-order valence-electron chi connectivity index (χ2n) is 7.48. The normalized spacial score (nSPS) is 16.9. The van der Waals surface area contributed by atoms with Crippen molar-refractivity contribution in [1.29, 1.82) is 5.26 Å². The number of hydrogen-bond donors (Lipinski definition) is 1. The third-order valence-corrected chi connectivity index (χ3v) is 6.28. The molecule has 9 heteroatoms. The number of nitriles is 1. The molecule has 4 rings (SSSR count). The Morgan fingerprint density at radius 1 is 1.29 bits per heavy atom. The van der Waals surface area contributed by atoms with Crippen LogP contribution in [-0.4, -0.2) is 29.6 Å². The number of alkyl halides is 1. The van der Waals surface area contributed by atoms with Gasteiger partial charge in [-0.1, -0.05) is 0 Å². The van der Waals surface area contributed by atoms with Crippen molar-refractivity contribution >= 4 is 40.5 Å². The van der Waals surface area contributed by atoms with Gasteiger partial charge in [0, 0.05) is 17.3 Å². The molecule has 0 bridgehead atoms. The highest BCUT2D eigenvalue weighted by molar-refractivity contribution is 7.81. The van der Waals surface area contributed by atoms with E-state index in [0.29, 0.717) is 35.5 Å². The second kappa shape index (κ2) is 7.63. The van der Waals surface area contributed by atoms with Crippen LogP contribution in [-0.2, 0) is 11.5 Å². The van der Waals surface area contributed by atoms with Crippen LogP contribution in [0, 0.1) is 11.3 Å². The molecule has 0 aromatic heterocycles. The largest absolute Gasteiger partial charge is 0.495 e. The van der Waals surface area contributed by atoms with Gasteiger partial charge in [-0.15, -0.1) is 0 Å². The maximum Gasteiger partial charge on any atom is 0.259 e. The zero-order valence-electron chi connectivity index (χ0n) is 16.7. The van der Waals surface area contributed by atoms with Crippen molar-refractivity contribution in [2.75, 3.05) is 16.9 Å². The van der Waals surface area contributed by atoms with Crippen LogP contribution in [0.2, 0.25) is 0 Å². The van der Waals surface area contributed by atoms with E-state index in [1.54, 1.807) is 29.2 Å². The zero-order valence-corrected chi connectivity index (χ0v) is 17.5. The molecule has 0 radical (unpaired) electrons. The number of benzene rings is 2. The molecule has 0 atom stereocenters. The fourth-order valence-corrected chi connectivity index (χ4v) is 4.66. The smallest absolute Gasteiger partial charge is 0.259 e. The molecule has 1 heterocycles.